The Kier molecular flexibility index (Phi) is 0.683. The first-order valence-corrected chi connectivity index (χ1v) is 3.81. The third-order valence-corrected chi connectivity index (χ3v) is 2.38. The molecule has 60 valence electrons. The summed E-state index contributed by atoms with van der Waals surface area (Å²) in [7, 11) is 0. The molecular formula is C10H14O. The third kappa shape index (κ3) is 0.943. The Bertz CT molecular complexity index is 389. The number of hydrogen-bond donors (Lipinski definition) is 0. The molecule has 0 aliphatic heterocycles. The van der Waals surface area contributed by atoms with E-state index in [1.54, 1.807) is 0 Å². The normalized spacial score (nSPS) is 64.5. The number of carbonyl (C=O) groups excluding carboxylic acids is 1. The van der Waals surface area contributed by atoms with E-state index in [9.17, 15) is 4.79 Å². The third-order valence-electron chi connectivity index (χ3n) is 2.38. The highest BCUT2D eigenvalue weighted by Crippen LogP contribution is 2.47. The maximum Gasteiger partial charge on any atom is 0.129 e. The van der Waals surface area contributed by atoms with E-state index >= 15 is 0 Å². The Balaban J connectivity index is 2.73. The standard InChI is InChI=1S/C10H14O/c1-10(7-11)6-8-2-4-9(10)5-3-8/h4,7-8H,2-3,5-6H2,1H3/i2D2,6D2,8D. The molecule has 0 heterocycles. The van der Waals surface area contributed by atoms with Crippen LogP contribution >= 0.6 is 0 Å². The van der Waals surface area contributed by atoms with Crippen molar-refractivity contribution >= 4 is 6.29 Å². The predicted octanol–water partition coefficient (Wildman–Crippen LogP) is 2.32. The second-order valence-corrected chi connectivity index (χ2v) is 3.24. The highest BCUT2D eigenvalue weighted by molar-refractivity contribution is 5.65. The van der Waals surface area contributed by atoms with E-state index in [1.165, 1.54) is 13.0 Å². The molecule has 3 aliphatic rings. The molecule has 2 atom stereocenters. The maximum atomic E-state index is 11.2. The topological polar surface area (TPSA) is 17.1 Å². The van der Waals surface area contributed by atoms with Crippen LogP contribution in [-0.2, 0) is 4.79 Å². The van der Waals surface area contributed by atoms with E-state index < -0.39 is 24.1 Å². The summed E-state index contributed by atoms with van der Waals surface area (Å²) in [5, 5.41) is 0. The fraction of sp³-hybridized carbons (Fsp3) is 0.700. The quantitative estimate of drug-likeness (QED) is 0.419. The van der Waals surface area contributed by atoms with Crippen LogP contribution in [0.3, 0.4) is 0 Å². The zero-order valence-corrected chi connectivity index (χ0v) is 6.48. The summed E-state index contributed by atoms with van der Waals surface area (Å²) in [6, 6.07) is 0. The van der Waals surface area contributed by atoms with Crippen molar-refractivity contribution in [3.05, 3.63) is 11.6 Å². The van der Waals surface area contributed by atoms with Crippen LogP contribution in [0.5, 0.6) is 0 Å². The van der Waals surface area contributed by atoms with Gasteiger partial charge in [0.15, 0.2) is 0 Å². The highest BCUT2D eigenvalue weighted by Gasteiger charge is 2.38. The van der Waals surface area contributed by atoms with Crippen LogP contribution in [-0.4, -0.2) is 6.29 Å². The van der Waals surface area contributed by atoms with Gasteiger partial charge in [-0.1, -0.05) is 11.6 Å². The molecule has 1 nitrogen and oxygen atoms in total. The Labute approximate surface area is 74.5 Å². The van der Waals surface area contributed by atoms with Crippen LogP contribution < -0.4 is 0 Å². The first kappa shape index (κ1) is 3.42. The summed E-state index contributed by atoms with van der Waals surface area (Å²) < 4.78 is 39.6. The smallest absolute Gasteiger partial charge is 0.129 e. The zero-order valence-electron chi connectivity index (χ0n) is 11.5. The minimum Gasteiger partial charge on any atom is -0.302 e. The molecule has 0 spiro atoms. The summed E-state index contributed by atoms with van der Waals surface area (Å²) in [4.78, 5) is 11.2. The van der Waals surface area contributed by atoms with Crippen molar-refractivity contribution in [2.45, 2.75) is 32.5 Å². The zero-order chi connectivity index (χ0) is 12.4. The van der Waals surface area contributed by atoms with E-state index in [-0.39, 0.29) is 6.42 Å². The predicted molar refractivity (Wildman–Crippen MR) is 44.2 cm³/mol. The van der Waals surface area contributed by atoms with E-state index in [0.717, 1.165) is 0 Å². The number of allylic oxidation sites excluding steroid dienone is 2. The van der Waals surface area contributed by atoms with Gasteiger partial charge in [0.2, 0.25) is 0 Å². The lowest BCUT2D eigenvalue weighted by molar-refractivity contribution is -0.115. The summed E-state index contributed by atoms with van der Waals surface area (Å²) in [6.45, 7) is 1.46. The van der Waals surface area contributed by atoms with Crippen LogP contribution in [0.15, 0.2) is 11.6 Å². The largest absolute Gasteiger partial charge is 0.302 e. The van der Waals surface area contributed by atoms with Gasteiger partial charge < -0.3 is 4.79 Å². The van der Waals surface area contributed by atoms with Gasteiger partial charge in [-0.05, 0) is 38.4 Å². The molecule has 0 aromatic carbocycles. The second kappa shape index (κ2) is 2.20. The first-order valence-electron chi connectivity index (χ1n) is 6.31. The maximum absolute atomic E-state index is 11.2. The van der Waals surface area contributed by atoms with Crippen molar-refractivity contribution < 1.29 is 11.6 Å². The molecule has 1 saturated carbocycles. The monoisotopic (exact) mass is 155 g/mol. The number of rotatable bonds is 1. The summed E-state index contributed by atoms with van der Waals surface area (Å²) in [5.74, 6) is -1.88. The molecule has 0 radical (unpaired) electrons. The van der Waals surface area contributed by atoms with Gasteiger partial charge in [0.25, 0.3) is 0 Å². The highest BCUT2D eigenvalue weighted by atomic mass is 16.1. The van der Waals surface area contributed by atoms with Gasteiger partial charge in [0.05, 0.1) is 0 Å². The lowest BCUT2D eigenvalue weighted by Crippen LogP contribution is -2.32. The van der Waals surface area contributed by atoms with Gasteiger partial charge in [-0.2, -0.15) is 0 Å². The van der Waals surface area contributed by atoms with Gasteiger partial charge in [-0.3, -0.25) is 0 Å². The minimum absolute atomic E-state index is 0.127. The molecule has 2 bridgehead atoms. The van der Waals surface area contributed by atoms with Crippen molar-refractivity contribution in [1.29, 1.82) is 0 Å². The fourth-order valence-corrected chi connectivity index (χ4v) is 1.59. The summed E-state index contributed by atoms with van der Waals surface area (Å²) in [5.41, 5.74) is -0.870. The van der Waals surface area contributed by atoms with Crippen LogP contribution in [0.1, 0.15) is 39.4 Å². The molecule has 3 aliphatic carbocycles. The Morgan fingerprint density at radius 3 is 3.45 bits per heavy atom. The molecule has 0 aromatic rings. The Hall–Kier alpha value is -0.590. The minimum atomic E-state index is -2.17. The summed E-state index contributed by atoms with van der Waals surface area (Å²) in [6.07, 6.45) is -1.82. The average Bonchev–Trinajstić information content (AvgIpc) is 2.18. The van der Waals surface area contributed by atoms with Crippen molar-refractivity contribution in [2.24, 2.45) is 11.3 Å². The molecular weight excluding hydrogens is 136 g/mol. The fourth-order valence-electron chi connectivity index (χ4n) is 1.59. The van der Waals surface area contributed by atoms with Crippen molar-refractivity contribution in [3.63, 3.8) is 0 Å². The SMILES string of the molecule is [2H]C1([2H])C=C2CCC1([2H])C([2H])([2H])C2(C)C=O. The molecule has 2 unspecified atom stereocenters. The molecule has 0 N–H and O–H groups in total. The van der Waals surface area contributed by atoms with E-state index in [1.807, 2.05) is 0 Å². The molecule has 0 amide bonds. The van der Waals surface area contributed by atoms with Crippen LogP contribution in [0.2, 0.25) is 0 Å². The van der Waals surface area contributed by atoms with E-state index in [0.29, 0.717) is 18.3 Å². The Morgan fingerprint density at radius 1 is 2.00 bits per heavy atom. The number of aldehydes is 1. The summed E-state index contributed by atoms with van der Waals surface area (Å²) >= 11 is 0. The first-order chi connectivity index (χ1) is 7.12. The van der Waals surface area contributed by atoms with Crippen molar-refractivity contribution in [3.8, 4) is 0 Å². The van der Waals surface area contributed by atoms with Gasteiger partial charge in [0.1, 0.15) is 6.29 Å². The number of carbonyl (C=O) groups is 1. The van der Waals surface area contributed by atoms with E-state index in [2.05, 4.69) is 0 Å². The molecule has 0 aromatic heterocycles. The second-order valence-electron chi connectivity index (χ2n) is 3.24. The number of fused-ring (bicyclic) bond motifs is 3. The van der Waals surface area contributed by atoms with Gasteiger partial charge in [-0.15, -0.1) is 0 Å². The van der Waals surface area contributed by atoms with Crippen molar-refractivity contribution in [1.82, 2.24) is 0 Å². The molecule has 11 heavy (non-hydrogen) atoms. The van der Waals surface area contributed by atoms with Gasteiger partial charge in [-0.25, -0.2) is 0 Å². The molecule has 1 heteroatoms. The van der Waals surface area contributed by atoms with Crippen LogP contribution in [0.4, 0.5) is 0 Å². The van der Waals surface area contributed by atoms with Gasteiger partial charge >= 0.3 is 0 Å². The van der Waals surface area contributed by atoms with Crippen molar-refractivity contribution in [2.75, 3.05) is 0 Å². The lowest BCUT2D eigenvalue weighted by Gasteiger charge is -2.40. The average molecular weight is 155 g/mol. The molecule has 3 rings (SSSR count). The number of hydrogen-bond acceptors (Lipinski definition) is 1. The molecule has 0 saturated heterocycles. The van der Waals surface area contributed by atoms with Gasteiger partial charge in [0, 0.05) is 12.3 Å². The molecule has 1 fully saturated rings. The van der Waals surface area contributed by atoms with Crippen LogP contribution in [0.25, 0.3) is 0 Å². The van der Waals surface area contributed by atoms with E-state index in [4.69, 9.17) is 6.85 Å². The lowest BCUT2D eigenvalue weighted by atomic mass is 9.63. The van der Waals surface area contributed by atoms with Crippen LogP contribution in [0, 0.1) is 11.3 Å². The Morgan fingerprint density at radius 2 is 2.82 bits per heavy atom.